The molecule has 0 atom stereocenters. The Morgan fingerprint density at radius 2 is 1.62 bits per heavy atom. The number of rotatable bonds is 3. The summed E-state index contributed by atoms with van der Waals surface area (Å²) in [7, 11) is 0. The molecule has 2 aliphatic rings. The first kappa shape index (κ1) is 18.3. The van der Waals surface area contributed by atoms with E-state index in [1.807, 2.05) is 39.5 Å². The normalized spacial score (nSPS) is 21.3. The Bertz CT molecular complexity index is 324. The van der Waals surface area contributed by atoms with Gasteiger partial charge in [-0.25, -0.2) is 4.79 Å². The Balaban J connectivity index is 0.00000106. The average molecular weight is 298 g/mol. The third-order valence-electron chi connectivity index (χ3n) is 4.29. The van der Waals surface area contributed by atoms with E-state index in [0.717, 1.165) is 26.2 Å². The van der Waals surface area contributed by atoms with Gasteiger partial charge >= 0.3 is 6.09 Å². The molecule has 2 fully saturated rings. The summed E-state index contributed by atoms with van der Waals surface area (Å²) in [5.74, 6) is 0. The summed E-state index contributed by atoms with van der Waals surface area (Å²) in [4.78, 5) is 16.3. The zero-order valence-electron chi connectivity index (χ0n) is 14.9. The van der Waals surface area contributed by atoms with Crippen molar-refractivity contribution in [3.63, 3.8) is 0 Å². The first-order valence-corrected chi connectivity index (χ1v) is 8.54. The summed E-state index contributed by atoms with van der Waals surface area (Å²) in [6, 6.07) is 0. The van der Waals surface area contributed by atoms with Crippen LogP contribution < -0.4 is 0 Å². The molecule has 4 nitrogen and oxygen atoms in total. The number of piperazine rings is 1. The fraction of sp³-hybridized carbons (Fsp3) is 0.941. The molecular formula is C17H34N2O2. The van der Waals surface area contributed by atoms with Crippen LogP contribution in [-0.4, -0.2) is 54.2 Å². The van der Waals surface area contributed by atoms with Crippen molar-refractivity contribution in [1.29, 1.82) is 0 Å². The molecular weight excluding hydrogens is 264 g/mol. The van der Waals surface area contributed by atoms with Gasteiger partial charge in [0.15, 0.2) is 0 Å². The minimum atomic E-state index is -0.394. The van der Waals surface area contributed by atoms with E-state index in [2.05, 4.69) is 11.8 Å². The van der Waals surface area contributed by atoms with Crippen LogP contribution in [0, 0.1) is 5.41 Å². The second-order valence-electron chi connectivity index (χ2n) is 7.10. The summed E-state index contributed by atoms with van der Waals surface area (Å²) < 4.78 is 5.42. The van der Waals surface area contributed by atoms with Crippen LogP contribution in [0.4, 0.5) is 4.79 Å². The zero-order chi connectivity index (χ0) is 16.1. The van der Waals surface area contributed by atoms with Gasteiger partial charge in [0, 0.05) is 32.7 Å². The molecule has 124 valence electrons. The molecule has 4 heteroatoms. The van der Waals surface area contributed by atoms with Crippen molar-refractivity contribution >= 4 is 6.09 Å². The summed E-state index contributed by atoms with van der Waals surface area (Å²) in [6.45, 7) is 16.8. The van der Waals surface area contributed by atoms with Crippen LogP contribution in [0.5, 0.6) is 0 Å². The standard InChI is InChI=1S/C15H28N2O2.C2H6/c1-5-15(6-7-15)12-16-8-10-17(11-9-16)13(18)19-14(2,3)4;1-2/h5-12H2,1-4H3;1-2H3. The van der Waals surface area contributed by atoms with Crippen molar-refractivity contribution in [3.8, 4) is 0 Å². The Morgan fingerprint density at radius 1 is 1.10 bits per heavy atom. The Morgan fingerprint density at radius 3 is 2.00 bits per heavy atom. The Hall–Kier alpha value is -0.770. The number of ether oxygens (including phenoxy) is 1. The van der Waals surface area contributed by atoms with E-state index >= 15 is 0 Å². The average Bonchev–Trinajstić information content (AvgIpc) is 3.20. The van der Waals surface area contributed by atoms with Crippen LogP contribution in [0.2, 0.25) is 0 Å². The highest BCUT2D eigenvalue weighted by atomic mass is 16.6. The largest absolute Gasteiger partial charge is 0.444 e. The van der Waals surface area contributed by atoms with E-state index < -0.39 is 5.60 Å². The molecule has 1 aliphatic heterocycles. The Labute approximate surface area is 130 Å². The van der Waals surface area contributed by atoms with Gasteiger partial charge in [0.1, 0.15) is 5.60 Å². The molecule has 1 aliphatic carbocycles. The van der Waals surface area contributed by atoms with E-state index in [4.69, 9.17) is 4.74 Å². The second-order valence-corrected chi connectivity index (χ2v) is 7.10. The fourth-order valence-electron chi connectivity index (χ4n) is 2.69. The van der Waals surface area contributed by atoms with E-state index in [1.165, 1.54) is 25.8 Å². The highest BCUT2D eigenvalue weighted by Gasteiger charge is 2.42. The van der Waals surface area contributed by atoms with Gasteiger partial charge in [-0.05, 0) is 45.4 Å². The number of hydrogen-bond acceptors (Lipinski definition) is 3. The molecule has 0 N–H and O–H groups in total. The number of hydrogen-bond donors (Lipinski definition) is 0. The van der Waals surface area contributed by atoms with Crippen molar-refractivity contribution < 1.29 is 9.53 Å². The summed E-state index contributed by atoms with van der Waals surface area (Å²) in [5, 5.41) is 0. The molecule has 0 radical (unpaired) electrons. The van der Waals surface area contributed by atoms with Gasteiger partial charge in [0.25, 0.3) is 0 Å². The lowest BCUT2D eigenvalue weighted by molar-refractivity contribution is 0.0129. The highest BCUT2D eigenvalue weighted by molar-refractivity contribution is 5.68. The van der Waals surface area contributed by atoms with E-state index in [0.29, 0.717) is 5.41 Å². The third kappa shape index (κ3) is 5.85. The van der Waals surface area contributed by atoms with Crippen molar-refractivity contribution in [2.75, 3.05) is 32.7 Å². The zero-order valence-corrected chi connectivity index (χ0v) is 14.9. The number of carbonyl (C=O) groups is 1. The molecule has 1 heterocycles. The quantitative estimate of drug-likeness (QED) is 0.795. The van der Waals surface area contributed by atoms with Crippen molar-refractivity contribution in [3.05, 3.63) is 0 Å². The first-order valence-electron chi connectivity index (χ1n) is 8.54. The molecule has 0 aromatic carbocycles. The van der Waals surface area contributed by atoms with Gasteiger partial charge in [0.2, 0.25) is 0 Å². The topological polar surface area (TPSA) is 32.8 Å². The highest BCUT2D eigenvalue weighted by Crippen LogP contribution is 2.49. The monoisotopic (exact) mass is 298 g/mol. The maximum Gasteiger partial charge on any atom is 0.410 e. The summed E-state index contributed by atoms with van der Waals surface area (Å²) in [5.41, 5.74) is 0.211. The molecule has 0 bridgehead atoms. The van der Waals surface area contributed by atoms with Crippen LogP contribution in [0.25, 0.3) is 0 Å². The van der Waals surface area contributed by atoms with Crippen LogP contribution in [-0.2, 0) is 4.74 Å². The lowest BCUT2D eigenvalue weighted by atomic mass is 10.0. The fourth-order valence-corrected chi connectivity index (χ4v) is 2.69. The van der Waals surface area contributed by atoms with Gasteiger partial charge in [-0.3, -0.25) is 4.90 Å². The molecule has 2 rings (SSSR count). The number of nitrogens with zero attached hydrogens (tertiary/aromatic N) is 2. The minimum absolute atomic E-state index is 0.163. The van der Waals surface area contributed by atoms with E-state index in [-0.39, 0.29) is 6.09 Å². The summed E-state index contributed by atoms with van der Waals surface area (Å²) in [6.07, 6.45) is 3.90. The summed E-state index contributed by atoms with van der Waals surface area (Å²) >= 11 is 0. The SMILES string of the molecule is CC.CCC1(CN2CCN(C(=O)OC(C)(C)C)CC2)CC1. The molecule has 0 aromatic rings. The molecule has 1 saturated carbocycles. The first-order chi connectivity index (χ1) is 9.84. The van der Waals surface area contributed by atoms with Gasteiger partial charge in [-0.2, -0.15) is 0 Å². The lowest BCUT2D eigenvalue weighted by Gasteiger charge is -2.37. The van der Waals surface area contributed by atoms with Crippen LogP contribution in [0.3, 0.4) is 0 Å². The second kappa shape index (κ2) is 7.48. The van der Waals surface area contributed by atoms with Crippen LogP contribution >= 0.6 is 0 Å². The minimum Gasteiger partial charge on any atom is -0.444 e. The third-order valence-corrected chi connectivity index (χ3v) is 4.29. The number of carbonyl (C=O) groups excluding carboxylic acids is 1. The number of amides is 1. The smallest absolute Gasteiger partial charge is 0.410 e. The maximum atomic E-state index is 12.0. The molecule has 1 saturated heterocycles. The maximum absolute atomic E-state index is 12.0. The molecule has 0 unspecified atom stereocenters. The van der Waals surface area contributed by atoms with Gasteiger partial charge < -0.3 is 9.64 Å². The Kier molecular flexibility index (Phi) is 6.51. The lowest BCUT2D eigenvalue weighted by Crippen LogP contribution is -2.51. The molecule has 1 amide bonds. The van der Waals surface area contributed by atoms with Crippen molar-refractivity contribution in [1.82, 2.24) is 9.80 Å². The van der Waals surface area contributed by atoms with Crippen LogP contribution in [0.15, 0.2) is 0 Å². The van der Waals surface area contributed by atoms with Gasteiger partial charge in [-0.15, -0.1) is 0 Å². The molecule has 0 spiro atoms. The molecule has 0 aromatic heterocycles. The van der Waals surface area contributed by atoms with E-state index in [9.17, 15) is 4.79 Å². The van der Waals surface area contributed by atoms with Crippen LogP contribution in [0.1, 0.15) is 60.8 Å². The van der Waals surface area contributed by atoms with E-state index in [1.54, 1.807) is 0 Å². The van der Waals surface area contributed by atoms with Crippen molar-refractivity contribution in [2.45, 2.75) is 66.4 Å². The van der Waals surface area contributed by atoms with Gasteiger partial charge in [0.05, 0.1) is 0 Å². The van der Waals surface area contributed by atoms with Crippen molar-refractivity contribution in [2.24, 2.45) is 5.41 Å². The predicted molar refractivity (Wildman–Crippen MR) is 87.6 cm³/mol. The van der Waals surface area contributed by atoms with Gasteiger partial charge in [-0.1, -0.05) is 20.8 Å². The molecule has 21 heavy (non-hydrogen) atoms. The predicted octanol–water partition coefficient (Wildman–Crippen LogP) is 3.76.